The second kappa shape index (κ2) is 9.11. The van der Waals surface area contributed by atoms with Crippen LogP contribution in [0.15, 0.2) is 60.1 Å². The average Bonchev–Trinajstić information content (AvgIpc) is 3.08. The van der Waals surface area contributed by atoms with Gasteiger partial charge in [0.05, 0.1) is 7.11 Å². The van der Waals surface area contributed by atoms with Gasteiger partial charge in [-0.1, -0.05) is 43.0 Å². The number of para-hydroxylation sites is 1. The molecule has 0 spiro atoms. The van der Waals surface area contributed by atoms with Crippen LogP contribution in [0.25, 0.3) is 10.9 Å². The van der Waals surface area contributed by atoms with Gasteiger partial charge in [0.25, 0.3) is 0 Å². The molecule has 1 aromatic heterocycles. The van der Waals surface area contributed by atoms with Crippen molar-refractivity contribution in [1.82, 2.24) is 10.3 Å². The Morgan fingerprint density at radius 2 is 2.22 bits per heavy atom. The number of thioether (sulfide) groups is 1. The molecule has 4 nitrogen and oxygen atoms in total. The number of hydrogen-bond acceptors (Lipinski definition) is 4. The Kier molecular flexibility index (Phi) is 6.58. The Bertz CT molecular complexity index is 882. The number of carbonyl (C=O) groups excluding carboxylic acids is 1. The van der Waals surface area contributed by atoms with Gasteiger partial charge in [-0.2, -0.15) is 0 Å². The fourth-order valence-electron chi connectivity index (χ4n) is 3.53. The zero-order valence-electron chi connectivity index (χ0n) is 15.8. The van der Waals surface area contributed by atoms with Crippen LogP contribution in [0.2, 0.25) is 0 Å². The second-order valence-corrected chi connectivity index (χ2v) is 7.65. The first-order chi connectivity index (χ1) is 13.2. The van der Waals surface area contributed by atoms with E-state index < -0.39 is 0 Å². The van der Waals surface area contributed by atoms with Gasteiger partial charge in [-0.15, -0.1) is 11.8 Å². The van der Waals surface area contributed by atoms with Gasteiger partial charge >= 0.3 is 5.97 Å². The summed E-state index contributed by atoms with van der Waals surface area (Å²) in [5, 5.41) is 4.68. The minimum Gasteiger partial charge on any atom is -0.468 e. The fourth-order valence-corrected chi connectivity index (χ4v) is 4.46. The van der Waals surface area contributed by atoms with Crippen molar-refractivity contribution in [1.29, 1.82) is 0 Å². The summed E-state index contributed by atoms with van der Waals surface area (Å²) in [4.78, 5) is 17.0. The molecule has 3 rings (SSSR count). The molecule has 0 bridgehead atoms. The SMILES string of the molecule is C=C/C=C\C(=C/C)SCCC1NC(C(=O)OC)Cc2c1[nH]c1ccccc21. The molecule has 5 heteroatoms. The number of aromatic amines is 1. The van der Waals surface area contributed by atoms with Gasteiger partial charge < -0.3 is 9.72 Å². The molecule has 0 amide bonds. The van der Waals surface area contributed by atoms with Gasteiger partial charge in [-0.05, 0) is 36.8 Å². The van der Waals surface area contributed by atoms with Crippen molar-refractivity contribution in [3.63, 3.8) is 0 Å². The normalized spacial score (nSPS) is 20.0. The van der Waals surface area contributed by atoms with Gasteiger partial charge in [0.1, 0.15) is 6.04 Å². The molecule has 1 aromatic carbocycles. The number of rotatable bonds is 7. The molecule has 142 valence electrons. The predicted molar refractivity (Wildman–Crippen MR) is 114 cm³/mol. The number of methoxy groups -OCH3 is 1. The molecule has 0 fully saturated rings. The summed E-state index contributed by atoms with van der Waals surface area (Å²) in [7, 11) is 1.45. The highest BCUT2D eigenvalue weighted by Gasteiger charge is 2.33. The van der Waals surface area contributed by atoms with Crippen LogP contribution in [0.5, 0.6) is 0 Å². The van der Waals surface area contributed by atoms with E-state index in [0.29, 0.717) is 6.42 Å². The minimum absolute atomic E-state index is 0.0965. The van der Waals surface area contributed by atoms with Crippen LogP contribution in [0, 0.1) is 0 Å². The van der Waals surface area contributed by atoms with Crippen molar-refractivity contribution < 1.29 is 9.53 Å². The van der Waals surface area contributed by atoms with Crippen molar-refractivity contribution >= 4 is 28.6 Å². The van der Waals surface area contributed by atoms with E-state index in [1.165, 1.54) is 28.7 Å². The van der Waals surface area contributed by atoms with Gasteiger partial charge in [0, 0.05) is 34.0 Å². The van der Waals surface area contributed by atoms with Gasteiger partial charge in [-0.3, -0.25) is 10.1 Å². The van der Waals surface area contributed by atoms with Gasteiger partial charge in [0.15, 0.2) is 0 Å². The third kappa shape index (κ3) is 4.37. The largest absolute Gasteiger partial charge is 0.468 e. The maximum atomic E-state index is 12.2. The van der Waals surface area contributed by atoms with E-state index in [9.17, 15) is 4.79 Å². The lowest BCUT2D eigenvalue weighted by molar-refractivity contribution is -0.143. The lowest BCUT2D eigenvalue weighted by Crippen LogP contribution is -2.45. The summed E-state index contributed by atoms with van der Waals surface area (Å²) in [5.74, 6) is 0.744. The van der Waals surface area contributed by atoms with Crippen LogP contribution in [0.3, 0.4) is 0 Å². The zero-order chi connectivity index (χ0) is 19.2. The van der Waals surface area contributed by atoms with Crippen molar-refractivity contribution in [3.8, 4) is 0 Å². The van der Waals surface area contributed by atoms with E-state index >= 15 is 0 Å². The number of hydrogen-bond donors (Lipinski definition) is 2. The van der Waals surface area contributed by atoms with E-state index in [4.69, 9.17) is 4.74 Å². The molecule has 2 unspecified atom stereocenters. The number of H-pyrrole nitrogens is 1. The van der Waals surface area contributed by atoms with Crippen LogP contribution in [-0.4, -0.2) is 29.9 Å². The Hall–Kier alpha value is -2.24. The predicted octanol–water partition coefficient (Wildman–Crippen LogP) is 4.67. The summed E-state index contributed by atoms with van der Waals surface area (Å²) in [6, 6.07) is 8.07. The standard InChI is InChI=1S/C22H26N2O2S/c1-4-6-9-15(5-2)27-13-12-19-21-17(14-20(23-19)22(25)26-3)16-10-7-8-11-18(16)24-21/h4-11,19-20,23-24H,1,12-14H2,2-3H3/b9-6-,15-5+. The maximum absolute atomic E-state index is 12.2. The quantitative estimate of drug-likeness (QED) is 0.540. The Morgan fingerprint density at radius 1 is 1.41 bits per heavy atom. The number of fused-ring (bicyclic) bond motifs is 3. The van der Waals surface area contributed by atoms with Crippen molar-refractivity contribution in [2.75, 3.05) is 12.9 Å². The number of aromatic nitrogens is 1. The molecule has 27 heavy (non-hydrogen) atoms. The smallest absolute Gasteiger partial charge is 0.323 e. The third-order valence-electron chi connectivity index (χ3n) is 4.85. The number of carbonyl (C=O) groups is 1. The molecular weight excluding hydrogens is 356 g/mol. The summed E-state index contributed by atoms with van der Waals surface area (Å²) >= 11 is 1.81. The molecule has 1 aliphatic rings. The summed E-state index contributed by atoms with van der Waals surface area (Å²) < 4.78 is 5.00. The van der Waals surface area contributed by atoms with Gasteiger partial charge in [-0.25, -0.2) is 0 Å². The Labute approximate surface area is 164 Å². The van der Waals surface area contributed by atoms with Crippen molar-refractivity contribution in [2.45, 2.75) is 31.8 Å². The molecule has 0 saturated carbocycles. The number of ether oxygens (including phenoxy) is 1. The number of nitrogens with one attached hydrogen (secondary N) is 2. The Balaban J connectivity index is 1.80. The van der Waals surface area contributed by atoms with E-state index in [0.717, 1.165) is 17.7 Å². The van der Waals surface area contributed by atoms with Crippen LogP contribution < -0.4 is 5.32 Å². The second-order valence-electron chi connectivity index (χ2n) is 6.48. The fraction of sp³-hybridized carbons (Fsp3) is 0.318. The first kappa shape index (κ1) is 19.5. The Morgan fingerprint density at radius 3 is 2.96 bits per heavy atom. The molecule has 2 aromatic rings. The number of benzene rings is 1. The lowest BCUT2D eigenvalue weighted by Gasteiger charge is -2.30. The summed E-state index contributed by atoms with van der Waals surface area (Å²) in [6.07, 6.45) is 9.46. The molecule has 2 N–H and O–H groups in total. The highest BCUT2D eigenvalue weighted by Crippen LogP contribution is 2.34. The highest BCUT2D eigenvalue weighted by molar-refractivity contribution is 8.03. The van der Waals surface area contributed by atoms with Crippen LogP contribution in [0.1, 0.15) is 30.6 Å². The van der Waals surface area contributed by atoms with Crippen LogP contribution >= 0.6 is 11.8 Å². The first-order valence-corrected chi connectivity index (χ1v) is 10.2. The van der Waals surface area contributed by atoms with Gasteiger partial charge in [0.2, 0.25) is 0 Å². The van der Waals surface area contributed by atoms with E-state index in [1.54, 1.807) is 6.08 Å². The number of esters is 1. The molecule has 2 atom stereocenters. The van der Waals surface area contributed by atoms with Crippen molar-refractivity contribution in [2.24, 2.45) is 0 Å². The molecular formula is C22H26N2O2S. The zero-order valence-corrected chi connectivity index (χ0v) is 16.6. The van der Waals surface area contributed by atoms with Crippen LogP contribution in [0.4, 0.5) is 0 Å². The third-order valence-corrected chi connectivity index (χ3v) is 5.99. The monoisotopic (exact) mass is 382 g/mol. The van der Waals surface area contributed by atoms with Crippen LogP contribution in [-0.2, 0) is 16.0 Å². The van der Waals surface area contributed by atoms with E-state index in [1.807, 2.05) is 36.9 Å². The lowest BCUT2D eigenvalue weighted by atomic mass is 9.93. The van der Waals surface area contributed by atoms with Crippen molar-refractivity contribution in [3.05, 3.63) is 71.3 Å². The maximum Gasteiger partial charge on any atom is 0.323 e. The topological polar surface area (TPSA) is 54.1 Å². The molecule has 0 saturated heterocycles. The van der Waals surface area contributed by atoms with E-state index in [2.05, 4.69) is 41.2 Å². The molecule has 1 aliphatic heterocycles. The van der Waals surface area contributed by atoms with E-state index in [-0.39, 0.29) is 18.1 Å². The number of allylic oxidation sites excluding steroid dienone is 4. The minimum atomic E-state index is -0.307. The molecule has 0 radical (unpaired) electrons. The highest BCUT2D eigenvalue weighted by atomic mass is 32.2. The molecule has 0 aliphatic carbocycles. The first-order valence-electron chi connectivity index (χ1n) is 9.19. The summed E-state index contributed by atoms with van der Waals surface area (Å²) in [5.41, 5.74) is 3.55. The summed E-state index contributed by atoms with van der Waals surface area (Å²) in [6.45, 7) is 5.76. The molecule has 2 heterocycles. The average molecular weight is 383 g/mol.